The molecule has 0 radical (unpaired) electrons. The van der Waals surface area contributed by atoms with Crippen molar-refractivity contribution in [2.45, 2.75) is 75.6 Å². The predicted molar refractivity (Wildman–Crippen MR) is 140 cm³/mol. The van der Waals surface area contributed by atoms with Crippen LogP contribution in [0.2, 0.25) is 0 Å². The summed E-state index contributed by atoms with van der Waals surface area (Å²) >= 11 is 0. The van der Waals surface area contributed by atoms with Crippen LogP contribution in [0.25, 0.3) is 0 Å². The van der Waals surface area contributed by atoms with E-state index in [0.29, 0.717) is 25.7 Å². The fourth-order valence-electron chi connectivity index (χ4n) is 4.16. The summed E-state index contributed by atoms with van der Waals surface area (Å²) in [6, 6.07) is 13.3. The zero-order chi connectivity index (χ0) is 25.2. The number of hydrogen-bond acceptors (Lipinski definition) is 5. The highest BCUT2D eigenvalue weighted by molar-refractivity contribution is 7.89. The summed E-state index contributed by atoms with van der Waals surface area (Å²) in [6.45, 7) is 3.95. The number of ether oxygens (including phenoxy) is 1. The summed E-state index contributed by atoms with van der Waals surface area (Å²) in [5, 5.41) is 10.3. The van der Waals surface area contributed by atoms with E-state index in [1.165, 1.54) is 0 Å². The molecule has 0 spiro atoms. The number of aryl methyl sites for hydroxylation is 2. The van der Waals surface area contributed by atoms with E-state index < -0.39 is 15.6 Å². The molecule has 2 aromatic rings. The molecule has 0 unspecified atom stereocenters. The van der Waals surface area contributed by atoms with E-state index in [1.54, 1.807) is 13.2 Å². The van der Waals surface area contributed by atoms with Crippen LogP contribution in [-0.4, -0.2) is 46.9 Å². The van der Waals surface area contributed by atoms with E-state index in [1.807, 2.05) is 55.4 Å². The summed E-state index contributed by atoms with van der Waals surface area (Å²) in [5.74, 6) is 0.797. The first kappa shape index (κ1) is 28.1. The van der Waals surface area contributed by atoms with E-state index in [-0.39, 0.29) is 11.5 Å². The lowest BCUT2D eigenvalue weighted by atomic mass is 9.89. The average molecular weight is 491 g/mol. The lowest BCUT2D eigenvalue weighted by Gasteiger charge is -2.33. The highest BCUT2D eigenvalue weighted by Crippen LogP contribution is 2.28. The second kappa shape index (κ2) is 13.1. The number of aliphatic hydroxyl groups is 1. The molecule has 2 N–H and O–H groups in total. The fourth-order valence-corrected chi connectivity index (χ4v) is 5.86. The molecule has 34 heavy (non-hydrogen) atoms. The van der Waals surface area contributed by atoms with E-state index in [0.717, 1.165) is 48.2 Å². The first-order valence-electron chi connectivity index (χ1n) is 12.3. The van der Waals surface area contributed by atoms with Gasteiger partial charge in [0.25, 0.3) is 0 Å². The molecule has 0 saturated heterocycles. The normalized spacial score (nSPS) is 12.1. The molecule has 0 aliphatic heterocycles. The summed E-state index contributed by atoms with van der Waals surface area (Å²) in [4.78, 5) is 2.26. The summed E-state index contributed by atoms with van der Waals surface area (Å²) in [5.41, 5.74) is 2.00. The van der Waals surface area contributed by atoms with Crippen LogP contribution in [0.4, 0.5) is 5.69 Å². The number of unbranched alkanes of at least 4 members (excludes halogenated alkanes) is 2. The van der Waals surface area contributed by atoms with Gasteiger partial charge in [0.1, 0.15) is 5.75 Å². The maximum atomic E-state index is 13.7. The topological polar surface area (TPSA) is 78.9 Å². The third-order valence-electron chi connectivity index (χ3n) is 6.36. The Labute approximate surface area is 206 Å². The number of anilines is 1. The van der Waals surface area contributed by atoms with Gasteiger partial charge in [0.05, 0.1) is 24.2 Å². The maximum absolute atomic E-state index is 13.7. The van der Waals surface area contributed by atoms with Crippen molar-refractivity contribution < 1.29 is 18.3 Å². The Bertz CT molecular complexity index is 980. The van der Waals surface area contributed by atoms with Gasteiger partial charge in [-0.3, -0.25) is 0 Å². The second-order valence-electron chi connectivity index (χ2n) is 9.29. The fraction of sp³-hybridized carbons (Fsp3) is 0.556. The Kier molecular flexibility index (Phi) is 10.9. The number of rotatable bonds is 15. The Morgan fingerprint density at radius 1 is 0.971 bits per heavy atom. The number of nitrogens with one attached hydrogen (secondary N) is 1. The summed E-state index contributed by atoms with van der Waals surface area (Å²) < 4.78 is 35.5. The first-order valence-corrected chi connectivity index (χ1v) is 13.8. The van der Waals surface area contributed by atoms with Crippen molar-refractivity contribution in [3.63, 3.8) is 0 Å². The smallest absolute Gasteiger partial charge is 0.241 e. The van der Waals surface area contributed by atoms with Crippen LogP contribution >= 0.6 is 0 Å². The summed E-state index contributed by atoms with van der Waals surface area (Å²) in [6.07, 6.45) is 6.14. The van der Waals surface area contributed by atoms with Gasteiger partial charge in [-0.05, 0) is 67.1 Å². The molecular formula is C27H42N2O4S. The van der Waals surface area contributed by atoms with E-state index in [9.17, 15) is 13.5 Å². The molecule has 0 aliphatic rings. The van der Waals surface area contributed by atoms with Gasteiger partial charge in [-0.1, -0.05) is 51.7 Å². The highest BCUT2D eigenvalue weighted by Gasteiger charge is 2.34. The molecule has 2 aromatic carbocycles. The Morgan fingerprint density at radius 3 is 2.09 bits per heavy atom. The van der Waals surface area contributed by atoms with Gasteiger partial charge in [-0.15, -0.1) is 0 Å². The molecule has 0 atom stereocenters. The van der Waals surface area contributed by atoms with Gasteiger partial charge in [-0.25, -0.2) is 13.1 Å². The van der Waals surface area contributed by atoms with Gasteiger partial charge in [-0.2, -0.15) is 0 Å². The number of benzene rings is 2. The van der Waals surface area contributed by atoms with Crippen molar-refractivity contribution in [3.05, 3.63) is 53.6 Å². The van der Waals surface area contributed by atoms with Crippen LogP contribution < -0.4 is 14.4 Å². The second-order valence-corrected chi connectivity index (χ2v) is 10.9. The molecule has 6 nitrogen and oxygen atoms in total. The van der Waals surface area contributed by atoms with Crippen LogP contribution in [0.1, 0.15) is 63.5 Å². The highest BCUT2D eigenvalue weighted by atomic mass is 32.2. The van der Waals surface area contributed by atoms with Crippen LogP contribution in [0.15, 0.2) is 47.4 Å². The van der Waals surface area contributed by atoms with Gasteiger partial charge in [0, 0.05) is 19.8 Å². The number of nitrogens with zero attached hydrogens (tertiary/aromatic N) is 1. The monoisotopic (exact) mass is 490 g/mol. The predicted octanol–water partition coefficient (Wildman–Crippen LogP) is 4.94. The lowest BCUT2D eigenvalue weighted by molar-refractivity contribution is 0.158. The maximum Gasteiger partial charge on any atom is 0.241 e. The zero-order valence-electron chi connectivity index (χ0n) is 21.4. The minimum atomic E-state index is -3.83. The minimum Gasteiger partial charge on any atom is -0.497 e. The Balaban J connectivity index is 2.39. The number of hydrogen-bond donors (Lipinski definition) is 2. The molecule has 2 rings (SSSR count). The van der Waals surface area contributed by atoms with Crippen LogP contribution in [-0.2, 0) is 22.9 Å². The van der Waals surface area contributed by atoms with Crippen LogP contribution in [0.5, 0.6) is 5.75 Å². The van der Waals surface area contributed by atoms with Crippen molar-refractivity contribution in [2.75, 3.05) is 32.7 Å². The largest absolute Gasteiger partial charge is 0.497 e. The Morgan fingerprint density at radius 2 is 1.59 bits per heavy atom. The molecule has 7 heteroatoms. The molecule has 190 valence electrons. The molecule has 0 heterocycles. The molecule has 0 aromatic heterocycles. The van der Waals surface area contributed by atoms with E-state index >= 15 is 0 Å². The third kappa shape index (κ3) is 7.72. The molecule has 0 fully saturated rings. The zero-order valence-corrected chi connectivity index (χ0v) is 22.2. The number of aliphatic hydroxyl groups excluding tert-OH is 1. The van der Waals surface area contributed by atoms with Crippen molar-refractivity contribution in [2.24, 2.45) is 0 Å². The molecular weight excluding hydrogens is 448 g/mol. The SMILES string of the molecule is CCCCC(CO)(CCCC)NS(=O)(=O)c1ccc(N(C)C)cc1CCc1ccc(OC)cc1. The van der Waals surface area contributed by atoms with Crippen molar-refractivity contribution in [3.8, 4) is 5.75 Å². The quantitative estimate of drug-likeness (QED) is 0.370. The average Bonchev–Trinajstić information content (AvgIpc) is 2.84. The van der Waals surface area contributed by atoms with Crippen LogP contribution in [0.3, 0.4) is 0 Å². The lowest BCUT2D eigenvalue weighted by Crippen LogP contribution is -2.51. The van der Waals surface area contributed by atoms with Crippen molar-refractivity contribution >= 4 is 15.7 Å². The van der Waals surface area contributed by atoms with Crippen LogP contribution in [0, 0.1) is 0 Å². The van der Waals surface area contributed by atoms with Gasteiger partial charge in [0.15, 0.2) is 0 Å². The molecule has 0 amide bonds. The third-order valence-corrected chi connectivity index (χ3v) is 8.04. The van der Waals surface area contributed by atoms with Gasteiger partial charge >= 0.3 is 0 Å². The standard InChI is InChI=1S/C27H42N2O4S/c1-6-8-18-27(21-30,19-9-7-2)28-34(31,32)26-17-14-24(29(3)4)20-23(26)13-10-22-11-15-25(33-5)16-12-22/h11-12,14-17,20,28,30H,6-10,13,18-19,21H2,1-5H3. The first-order chi connectivity index (χ1) is 16.2. The molecule has 0 saturated carbocycles. The van der Waals surface area contributed by atoms with Gasteiger partial charge < -0.3 is 14.7 Å². The number of methoxy groups -OCH3 is 1. The summed E-state index contributed by atoms with van der Waals surface area (Å²) in [7, 11) is 1.70. The van der Waals surface area contributed by atoms with Gasteiger partial charge in [0.2, 0.25) is 10.0 Å². The van der Waals surface area contributed by atoms with Crippen molar-refractivity contribution in [1.82, 2.24) is 4.72 Å². The molecule has 0 bridgehead atoms. The molecule has 0 aliphatic carbocycles. The Hall–Kier alpha value is -2.09. The minimum absolute atomic E-state index is 0.205. The van der Waals surface area contributed by atoms with E-state index in [4.69, 9.17) is 4.74 Å². The van der Waals surface area contributed by atoms with E-state index in [2.05, 4.69) is 18.6 Å². The number of sulfonamides is 1. The van der Waals surface area contributed by atoms with Crippen molar-refractivity contribution in [1.29, 1.82) is 0 Å².